The van der Waals surface area contributed by atoms with Gasteiger partial charge in [-0.3, -0.25) is 0 Å². The van der Waals surface area contributed by atoms with Crippen molar-refractivity contribution >= 4 is 0 Å². The van der Waals surface area contributed by atoms with Crippen molar-refractivity contribution in [1.29, 1.82) is 0 Å². The molecule has 0 spiro atoms. The molecule has 0 aliphatic carbocycles. The van der Waals surface area contributed by atoms with E-state index in [1.807, 2.05) is 0 Å². The minimum absolute atomic E-state index is 0.377. The maximum absolute atomic E-state index is 2.54. The van der Waals surface area contributed by atoms with Gasteiger partial charge in [0, 0.05) is 0 Å². The van der Waals surface area contributed by atoms with Crippen LogP contribution in [-0.2, 0) is 0 Å². The van der Waals surface area contributed by atoms with E-state index >= 15 is 0 Å². The normalized spacial score (nSPS) is 20.7. The summed E-state index contributed by atoms with van der Waals surface area (Å²) < 4.78 is 0. The maximum atomic E-state index is 2.54. The molecule has 0 N–H and O–H groups in total. The first-order valence-corrected chi connectivity index (χ1v) is 9.23. The Balaban J connectivity index is 5.01. The molecule has 128 valence electrons. The lowest BCUT2D eigenvalue weighted by Crippen LogP contribution is -2.37. The van der Waals surface area contributed by atoms with Gasteiger partial charge in [0.15, 0.2) is 0 Å². The van der Waals surface area contributed by atoms with E-state index < -0.39 is 0 Å². The van der Waals surface area contributed by atoms with Gasteiger partial charge < -0.3 is 0 Å². The van der Waals surface area contributed by atoms with Gasteiger partial charge in [0.2, 0.25) is 0 Å². The van der Waals surface area contributed by atoms with Crippen LogP contribution in [0.2, 0.25) is 0 Å². The van der Waals surface area contributed by atoms with Gasteiger partial charge in [-0.25, -0.2) is 0 Å². The van der Waals surface area contributed by atoms with Crippen LogP contribution in [0.4, 0.5) is 0 Å². The van der Waals surface area contributed by atoms with E-state index in [-0.39, 0.29) is 0 Å². The van der Waals surface area contributed by atoms with E-state index in [0.717, 1.165) is 17.8 Å². The third kappa shape index (κ3) is 6.74. The van der Waals surface area contributed by atoms with E-state index in [1.165, 1.54) is 25.7 Å². The van der Waals surface area contributed by atoms with Crippen LogP contribution >= 0.6 is 0 Å². The maximum Gasteiger partial charge on any atom is -0.0274 e. The lowest BCUT2D eigenvalue weighted by Gasteiger charge is -2.46. The smallest absolute Gasteiger partial charge is 0.0274 e. The fourth-order valence-corrected chi connectivity index (χ4v) is 3.26. The number of hydrogen-bond donors (Lipinski definition) is 0. The number of hydrogen-bond acceptors (Lipinski definition) is 0. The summed E-state index contributed by atoms with van der Waals surface area (Å²) in [6.45, 7) is 26.7. The first-order chi connectivity index (χ1) is 9.23. The van der Waals surface area contributed by atoms with Gasteiger partial charge in [0.05, 0.1) is 0 Å². The molecule has 0 heterocycles. The standard InChI is InChI=1S/C21H44/c1-12-16(2)18(4)17(3)15-21(11,20(8,9)10)14-13-19(5,6)7/h16-18H,12-15H2,1-11H3. The highest BCUT2D eigenvalue weighted by atomic mass is 14.4. The van der Waals surface area contributed by atoms with Crippen molar-refractivity contribution in [1.82, 2.24) is 0 Å². The van der Waals surface area contributed by atoms with E-state index in [4.69, 9.17) is 0 Å². The molecule has 0 heteroatoms. The highest BCUT2D eigenvalue weighted by Gasteiger charge is 2.39. The predicted molar refractivity (Wildman–Crippen MR) is 98.7 cm³/mol. The molecule has 0 rings (SSSR count). The average molecular weight is 297 g/mol. The quantitative estimate of drug-likeness (QED) is 0.454. The molecule has 0 radical (unpaired) electrons. The van der Waals surface area contributed by atoms with Gasteiger partial charge in [0.25, 0.3) is 0 Å². The van der Waals surface area contributed by atoms with Crippen molar-refractivity contribution in [3.05, 3.63) is 0 Å². The van der Waals surface area contributed by atoms with Gasteiger partial charge in [0.1, 0.15) is 0 Å². The fourth-order valence-electron chi connectivity index (χ4n) is 3.26. The summed E-state index contributed by atoms with van der Waals surface area (Å²) in [6, 6.07) is 0. The molecule has 0 saturated heterocycles. The highest BCUT2D eigenvalue weighted by molar-refractivity contribution is 4.90. The Labute approximate surface area is 136 Å². The summed E-state index contributed by atoms with van der Waals surface area (Å²) >= 11 is 0. The summed E-state index contributed by atoms with van der Waals surface area (Å²) in [7, 11) is 0. The Morgan fingerprint density at radius 1 is 0.714 bits per heavy atom. The first kappa shape index (κ1) is 21.0. The minimum Gasteiger partial charge on any atom is -0.0651 e. The van der Waals surface area contributed by atoms with Gasteiger partial charge >= 0.3 is 0 Å². The molecule has 0 nitrogen and oxygen atoms in total. The Morgan fingerprint density at radius 2 is 1.19 bits per heavy atom. The summed E-state index contributed by atoms with van der Waals surface area (Å²) in [6.07, 6.45) is 5.33. The lowest BCUT2D eigenvalue weighted by atomic mass is 9.59. The summed E-state index contributed by atoms with van der Waals surface area (Å²) in [5.41, 5.74) is 1.25. The topological polar surface area (TPSA) is 0 Å². The second-order valence-electron chi connectivity index (χ2n) is 10.3. The van der Waals surface area contributed by atoms with E-state index in [9.17, 15) is 0 Å². The molecular weight excluding hydrogens is 252 g/mol. The zero-order valence-corrected chi connectivity index (χ0v) is 17.1. The van der Waals surface area contributed by atoms with Crippen molar-refractivity contribution in [2.45, 2.75) is 102 Å². The van der Waals surface area contributed by atoms with Gasteiger partial charge in [-0.1, -0.05) is 82.6 Å². The van der Waals surface area contributed by atoms with E-state index in [2.05, 4.69) is 76.2 Å². The molecule has 0 aromatic rings. The molecule has 0 aliphatic rings. The van der Waals surface area contributed by atoms with Crippen LogP contribution in [0.15, 0.2) is 0 Å². The molecular formula is C21H44. The van der Waals surface area contributed by atoms with Crippen molar-refractivity contribution in [2.24, 2.45) is 34.0 Å². The van der Waals surface area contributed by atoms with E-state index in [0.29, 0.717) is 16.2 Å². The fraction of sp³-hybridized carbons (Fsp3) is 1.00. The van der Waals surface area contributed by atoms with E-state index in [1.54, 1.807) is 0 Å². The highest BCUT2D eigenvalue weighted by Crippen LogP contribution is 2.49. The summed E-state index contributed by atoms with van der Waals surface area (Å²) in [4.78, 5) is 0. The molecule has 21 heavy (non-hydrogen) atoms. The largest absolute Gasteiger partial charge is 0.0651 e. The average Bonchev–Trinajstić information content (AvgIpc) is 2.32. The van der Waals surface area contributed by atoms with Gasteiger partial charge in [-0.05, 0) is 53.3 Å². The summed E-state index contributed by atoms with van der Waals surface area (Å²) in [5.74, 6) is 2.47. The predicted octanol–water partition coefficient (Wildman–Crippen LogP) is 7.57. The Morgan fingerprint density at radius 3 is 1.52 bits per heavy atom. The molecule has 0 bridgehead atoms. The second-order valence-corrected chi connectivity index (χ2v) is 10.3. The van der Waals surface area contributed by atoms with Crippen molar-refractivity contribution < 1.29 is 0 Å². The van der Waals surface area contributed by atoms with Gasteiger partial charge in [-0.2, -0.15) is 0 Å². The minimum atomic E-state index is 0.377. The van der Waals surface area contributed by atoms with Crippen LogP contribution in [0, 0.1) is 34.0 Å². The lowest BCUT2D eigenvalue weighted by molar-refractivity contribution is 0.0379. The van der Waals surface area contributed by atoms with Crippen LogP contribution in [0.25, 0.3) is 0 Å². The van der Waals surface area contributed by atoms with Crippen LogP contribution in [0.1, 0.15) is 102 Å². The van der Waals surface area contributed by atoms with Gasteiger partial charge in [-0.15, -0.1) is 0 Å². The molecule has 4 unspecified atom stereocenters. The Bertz CT molecular complexity index is 288. The molecule has 0 aliphatic heterocycles. The number of rotatable bonds is 7. The second kappa shape index (κ2) is 7.51. The van der Waals surface area contributed by atoms with Crippen LogP contribution in [0.3, 0.4) is 0 Å². The van der Waals surface area contributed by atoms with Crippen LogP contribution in [0.5, 0.6) is 0 Å². The molecule has 0 aromatic carbocycles. The zero-order chi connectivity index (χ0) is 17.1. The van der Waals surface area contributed by atoms with Crippen molar-refractivity contribution in [2.75, 3.05) is 0 Å². The van der Waals surface area contributed by atoms with Crippen molar-refractivity contribution in [3.8, 4) is 0 Å². The Hall–Kier alpha value is 0. The molecule has 0 saturated carbocycles. The SMILES string of the molecule is CCC(C)C(C)C(C)CC(C)(CCC(C)(C)C)C(C)(C)C. The van der Waals surface area contributed by atoms with Crippen LogP contribution < -0.4 is 0 Å². The Kier molecular flexibility index (Phi) is 7.51. The summed E-state index contributed by atoms with van der Waals surface area (Å²) in [5, 5.41) is 0. The van der Waals surface area contributed by atoms with Crippen molar-refractivity contribution in [3.63, 3.8) is 0 Å². The monoisotopic (exact) mass is 296 g/mol. The molecule has 0 aromatic heterocycles. The molecule has 4 atom stereocenters. The third-order valence-corrected chi connectivity index (χ3v) is 6.45. The molecule has 0 amide bonds. The first-order valence-electron chi connectivity index (χ1n) is 9.23. The third-order valence-electron chi connectivity index (χ3n) is 6.45. The van der Waals surface area contributed by atoms with Crippen LogP contribution in [-0.4, -0.2) is 0 Å². The zero-order valence-electron chi connectivity index (χ0n) is 17.1. The molecule has 0 fully saturated rings.